The van der Waals surface area contributed by atoms with Crippen molar-refractivity contribution in [3.63, 3.8) is 0 Å². The lowest BCUT2D eigenvalue weighted by Gasteiger charge is -2.27. The second-order valence-electron chi connectivity index (χ2n) is 4.65. The van der Waals surface area contributed by atoms with Gasteiger partial charge in [0.2, 0.25) is 0 Å². The van der Waals surface area contributed by atoms with Gasteiger partial charge in [-0.3, -0.25) is 15.5 Å². The van der Waals surface area contributed by atoms with E-state index in [1.807, 2.05) is 6.07 Å². The fourth-order valence-electron chi connectivity index (χ4n) is 2.24. The largest absolute Gasteiger partial charge is 0.490 e. The van der Waals surface area contributed by atoms with Crippen molar-refractivity contribution in [1.29, 1.82) is 0 Å². The normalized spacial score (nSPS) is 16.3. The van der Waals surface area contributed by atoms with Gasteiger partial charge in [-0.1, -0.05) is 12.5 Å². The van der Waals surface area contributed by atoms with Crippen LogP contribution in [0.2, 0.25) is 0 Å². The number of piperidine rings is 1. The van der Waals surface area contributed by atoms with Gasteiger partial charge in [0.05, 0.1) is 12.0 Å². The molecule has 1 aliphatic rings. The number of nitrogens with one attached hydrogen (secondary N) is 1. The number of hydrogen-bond donors (Lipinski definition) is 1. The summed E-state index contributed by atoms with van der Waals surface area (Å²) in [4.78, 5) is 10.5. The van der Waals surface area contributed by atoms with Crippen molar-refractivity contribution in [3.8, 4) is 5.75 Å². The van der Waals surface area contributed by atoms with Crippen LogP contribution in [-0.4, -0.2) is 30.1 Å². The molecule has 0 aliphatic carbocycles. The van der Waals surface area contributed by atoms with Gasteiger partial charge >= 0.3 is 5.69 Å². The van der Waals surface area contributed by atoms with Gasteiger partial charge in [-0.2, -0.15) is 0 Å². The number of benzene rings is 1. The summed E-state index contributed by atoms with van der Waals surface area (Å²) < 4.78 is 4.98. The second-order valence-corrected chi connectivity index (χ2v) is 4.65. The van der Waals surface area contributed by atoms with Crippen LogP contribution in [0.3, 0.4) is 0 Å². The van der Waals surface area contributed by atoms with Crippen LogP contribution in [0.5, 0.6) is 5.75 Å². The number of methoxy groups -OCH3 is 1. The number of nitrogens with zero attached hydrogens (tertiary/aromatic N) is 2. The first kappa shape index (κ1) is 13.8. The van der Waals surface area contributed by atoms with Gasteiger partial charge in [0, 0.05) is 25.7 Å². The zero-order chi connectivity index (χ0) is 13.7. The first-order valence-corrected chi connectivity index (χ1v) is 6.50. The zero-order valence-corrected chi connectivity index (χ0v) is 11.1. The van der Waals surface area contributed by atoms with E-state index in [2.05, 4.69) is 10.4 Å². The van der Waals surface area contributed by atoms with E-state index in [-0.39, 0.29) is 5.69 Å². The standard InChI is InChI=1S/C13H19N3O3/c1-19-13-6-5-11(9-12(13)16(17)18)10-14-15-7-3-2-4-8-15/h5-6,9,14H,2-4,7-8,10H2,1H3. The average molecular weight is 265 g/mol. The molecule has 2 rings (SSSR count). The van der Waals surface area contributed by atoms with E-state index in [9.17, 15) is 10.1 Å². The Labute approximate surface area is 112 Å². The molecule has 1 N–H and O–H groups in total. The van der Waals surface area contributed by atoms with Crippen molar-refractivity contribution in [1.82, 2.24) is 10.4 Å². The molecule has 0 amide bonds. The first-order valence-electron chi connectivity index (χ1n) is 6.50. The summed E-state index contributed by atoms with van der Waals surface area (Å²) in [7, 11) is 1.44. The second kappa shape index (κ2) is 6.49. The molecule has 0 radical (unpaired) electrons. The van der Waals surface area contributed by atoms with E-state index >= 15 is 0 Å². The van der Waals surface area contributed by atoms with Crippen molar-refractivity contribution in [2.75, 3.05) is 20.2 Å². The minimum Gasteiger partial charge on any atom is -0.490 e. The fraction of sp³-hybridized carbons (Fsp3) is 0.538. The molecule has 0 aromatic heterocycles. The van der Waals surface area contributed by atoms with E-state index < -0.39 is 4.92 Å². The molecule has 19 heavy (non-hydrogen) atoms. The Morgan fingerprint density at radius 2 is 2.11 bits per heavy atom. The zero-order valence-electron chi connectivity index (χ0n) is 11.1. The number of ether oxygens (including phenoxy) is 1. The Balaban J connectivity index is 2.00. The highest BCUT2D eigenvalue weighted by Gasteiger charge is 2.15. The third-order valence-corrected chi connectivity index (χ3v) is 3.30. The molecule has 1 aromatic rings. The van der Waals surface area contributed by atoms with Crippen LogP contribution in [0, 0.1) is 10.1 Å². The summed E-state index contributed by atoms with van der Waals surface area (Å²) in [6.45, 7) is 2.68. The van der Waals surface area contributed by atoms with Crippen molar-refractivity contribution in [2.24, 2.45) is 0 Å². The monoisotopic (exact) mass is 265 g/mol. The third-order valence-electron chi connectivity index (χ3n) is 3.30. The molecular weight excluding hydrogens is 246 g/mol. The molecule has 104 valence electrons. The highest BCUT2D eigenvalue weighted by atomic mass is 16.6. The predicted octanol–water partition coefficient (Wildman–Crippen LogP) is 2.09. The van der Waals surface area contributed by atoms with Crippen LogP contribution < -0.4 is 10.2 Å². The third kappa shape index (κ3) is 3.65. The Hall–Kier alpha value is -1.66. The molecule has 1 fully saturated rings. The number of hydrazine groups is 1. The van der Waals surface area contributed by atoms with E-state index in [0.717, 1.165) is 18.7 Å². The van der Waals surface area contributed by atoms with Crippen LogP contribution in [-0.2, 0) is 6.54 Å². The molecule has 1 aliphatic heterocycles. The van der Waals surface area contributed by atoms with Crippen LogP contribution in [0.15, 0.2) is 18.2 Å². The summed E-state index contributed by atoms with van der Waals surface area (Å²) in [5, 5.41) is 13.1. The fourth-order valence-corrected chi connectivity index (χ4v) is 2.24. The van der Waals surface area contributed by atoms with Gasteiger partial charge in [-0.25, -0.2) is 5.01 Å². The smallest absolute Gasteiger partial charge is 0.311 e. The molecule has 0 unspecified atom stereocenters. The number of rotatable bonds is 5. The lowest BCUT2D eigenvalue weighted by molar-refractivity contribution is -0.385. The van der Waals surface area contributed by atoms with Gasteiger partial charge < -0.3 is 4.74 Å². The van der Waals surface area contributed by atoms with E-state index in [1.165, 1.54) is 26.4 Å². The topological polar surface area (TPSA) is 67.6 Å². The van der Waals surface area contributed by atoms with Gasteiger partial charge in [0.25, 0.3) is 0 Å². The van der Waals surface area contributed by atoms with Crippen LogP contribution in [0.1, 0.15) is 24.8 Å². The molecule has 6 nitrogen and oxygen atoms in total. The van der Waals surface area contributed by atoms with Crippen LogP contribution in [0.4, 0.5) is 5.69 Å². The quantitative estimate of drug-likeness (QED) is 0.652. The number of nitro groups is 1. The van der Waals surface area contributed by atoms with Crippen LogP contribution in [0.25, 0.3) is 0 Å². The van der Waals surface area contributed by atoms with Crippen molar-refractivity contribution in [2.45, 2.75) is 25.8 Å². The highest BCUT2D eigenvalue weighted by molar-refractivity contribution is 5.48. The first-order chi connectivity index (χ1) is 9.20. The molecule has 0 spiro atoms. The Kier molecular flexibility index (Phi) is 4.70. The molecular formula is C13H19N3O3. The van der Waals surface area contributed by atoms with Crippen molar-refractivity contribution < 1.29 is 9.66 Å². The molecule has 0 saturated carbocycles. The summed E-state index contributed by atoms with van der Waals surface area (Å²) in [5.74, 6) is 0.298. The summed E-state index contributed by atoms with van der Waals surface area (Å²) >= 11 is 0. The minimum absolute atomic E-state index is 0.0143. The van der Waals surface area contributed by atoms with Crippen molar-refractivity contribution >= 4 is 5.69 Å². The summed E-state index contributed by atoms with van der Waals surface area (Å²) in [6, 6.07) is 5.06. The Bertz CT molecular complexity index is 445. The maximum Gasteiger partial charge on any atom is 0.311 e. The maximum atomic E-state index is 10.9. The van der Waals surface area contributed by atoms with Crippen LogP contribution >= 0.6 is 0 Å². The van der Waals surface area contributed by atoms with E-state index in [4.69, 9.17) is 4.74 Å². The molecule has 0 atom stereocenters. The highest BCUT2D eigenvalue weighted by Crippen LogP contribution is 2.27. The van der Waals surface area contributed by atoms with Gasteiger partial charge in [0.1, 0.15) is 0 Å². The van der Waals surface area contributed by atoms with E-state index in [1.54, 1.807) is 12.1 Å². The minimum atomic E-state index is -0.413. The van der Waals surface area contributed by atoms with Gasteiger partial charge in [-0.15, -0.1) is 0 Å². The maximum absolute atomic E-state index is 10.9. The molecule has 6 heteroatoms. The van der Waals surface area contributed by atoms with Gasteiger partial charge in [0.15, 0.2) is 5.75 Å². The molecule has 1 heterocycles. The van der Waals surface area contributed by atoms with Crippen molar-refractivity contribution in [3.05, 3.63) is 33.9 Å². The Morgan fingerprint density at radius 1 is 1.37 bits per heavy atom. The summed E-state index contributed by atoms with van der Waals surface area (Å²) in [6.07, 6.45) is 3.69. The lowest BCUT2D eigenvalue weighted by Crippen LogP contribution is -2.41. The number of hydrogen-bond acceptors (Lipinski definition) is 5. The predicted molar refractivity (Wildman–Crippen MR) is 71.9 cm³/mol. The average Bonchev–Trinajstić information content (AvgIpc) is 2.46. The molecule has 1 saturated heterocycles. The van der Waals surface area contributed by atoms with E-state index in [0.29, 0.717) is 12.3 Å². The number of nitro benzene ring substituents is 1. The molecule has 0 bridgehead atoms. The van der Waals surface area contributed by atoms with Gasteiger partial charge in [-0.05, 0) is 24.5 Å². The Morgan fingerprint density at radius 3 is 2.74 bits per heavy atom. The summed E-state index contributed by atoms with van der Waals surface area (Å²) in [5.41, 5.74) is 4.21. The SMILES string of the molecule is COc1ccc(CNN2CCCCC2)cc1[N+](=O)[O-]. The lowest BCUT2D eigenvalue weighted by atomic mass is 10.1. The molecule has 1 aromatic carbocycles.